The molecule has 9 nitrogen and oxygen atoms in total. The minimum absolute atomic E-state index is 0.103. The average molecular weight is 454 g/mol. The summed E-state index contributed by atoms with van der Waals surface area (Å²) < 4.78 is 32.8. The molecule has 166 valence electrons. The Bertz CT molecular complexity index is 1250. The van der Waals surface area contributed by atoms with Crippen LogP contribution in [0.4, 0.5) is 5.82 Å². The maximum absolute atomic E-state index is 12.2. The molecule has 1 aromatic heterocycles. The van der Waals surface area contributed by atoms with Crippen LogP contribution in [0.25, 0.3) is 11.3 Å². The number of anilines is 1. The van der Waals surface area contributed by atoms with Crippen molar-refractivity contribution in [3.05, 3.63) is 72.1 Å². The maximum atomic E-state index is 12.2. The van der Waals surface area contributed by atoms with Crippen LogP contribution in [0.1, 0.15) is 22.8 Å². The Morgan fingerprint density at radius 1 is 1.12 bits per heavy atom. The van der Waals surface area contributed by atoms with Gasteiger partial charge in [0, 0.05) is 24.1 Å². The molecule has 32 heavy (non-hydrogen) atoms. The summed E-state index contributed by atoms with van der Waals surface area (Å²) in [6.45, 7) is 3.85. The van der Waals surface area contributed by atoms with Gasteiger partial charge in [0.1, 0.15) is 28.6 Å². The summed E-state index contributed by atoms with van der Waals surface area (Å²) in [6.07, 6.45) is 0.500. The number of hydrogen-bond donors (Lipinski definition) is 2. The lowest BCUT2D eigenvalue weighted by Crippen LogP contribution is -2.27. The van der Waals surface area contributed by atoms with E-state index < -0.39 is 15.9 Å². The van der Waals surface area contributed by atoms with Crippen molar-refractivity contribution >= 4 is 21.7 Å². The quantitative estimate of drug-likeness (QED) is 0.565. The number of primary amides is 1. The molecule has 1 aliphatic heterocycles. The van der Waals surface area contributed by atoms with E-state index in [0.717, 1.165) is 5.41 Å². The summed E-state index contributed by atoms with van der Waals surface area (Å²) in [4.78, 5) is 12.2. The minimum Gasteiger partial charge on any atom is -0.457 e. The fraction of sp³-hybridized carbons (Fsp3) is 0.182. The van der Waals surface area contributed by atoms with E-state index in [4.69, 9.17) is 16.2 Å². The average Bonchev–Trinajstić information content (AvgIpc) is 3.40. The first-order chi connectivity index (χ1) is 15.3. The molecule has 10 heteroatoms. The van der Waals surface area contributed by atoms with Crippen molar-refractivity contribution in [1.29, 1.82) is 0 Å². The van der Waals surface area contributed by atoms with E-state index in [2.05, 4.69) is 11.7 Å². The van der Waals surface area contributed by atoms with Crippen LogP contribution in [-0.2, 0) is 10.0 Å². The molecule has 0 aliphatic carbocycles. The monoisotopic (exact) mass is 453 g/mol. The Balaban J connectivity index is 1.63. The molecule has 3 aromatic rings. The van der Waals surface area contributed by atoms with Crippen molar-refractivity contribution in [3.63, 3.8) is 0 Å². The molecule has 4 rings (SSSR count). The van der Waals surface area contributed by atoms with Gasteiger partial charge in [0.15, 0.2) is 0 Å². The number of nitrogens with two attached hydrogens (primary N) is 2. The number of aromatic nitrogens is 2. The number of nitrogens with zero attached hydrogens (tertiary/aromatic N) is 3. The molecule has 1 amide bonds. The van der Waals surface area contributed by atoms with Crippen molar-refractivity contribution in [1.82, 2.24) is 14.1 Å². The molecule has 4 N–H and O–H groups in total. The minimum atomic E-state index is -3.54. The van der Waals surface area contributed by atoms with E-state index in [0.29, 0.717) is 35.7 Å². The molecule has 2 heterocycles. The van der Waals surface area contributed by atoms with Gasteiger partial charge >= 0.3 is 0 Å². The second-order valence-electron chi connectivity index (χ2n) is 7.37. The zero-order chi connectivity index (χ0) is 22.9. The summed E-state index contributed by atoms with van der Waals surface area (Å²) in [5, 5.41) is 5.46. The van der Waals surface area contributed by atoms with Crippen LogP contribution in [-0.4, -0.2) is 41.5 Å². The van der Waals surface area contributed by atoms with Crippen LogP contribution >= 0.6 is 0 Å². The molecule has 1 fully saturated rings. The number of benzene rings is 2. The lowest BCUT2D eigenvalue weighted by Gasteiger charge is -2.15. The van der Waals surface area contributed by atoms with Crippen LogP contribution in [0.2, 0.25) is 0 Å². The number of nitrogen functional groups attached to an aromatic ring is 1. The second kappa shape index (κ2) is 8.48. The van der Waals surface area contributed by atoms with Gasteiger partial charge in [-0.05, 0) is 42.8 Å². The van der Waals surface area contributed by atoms with Crippen molar-refractivity contribution in [2.45, 2.75) is 12.5 Å². The van der Waals surface area contributed by atoms with Crippen LogP contribution in [0.5, 0.6) is 11.5 Å². The molecule has 0 saturated carbocycles. The number of carbonyl (C=O) groups excluding carboxylic acids is 1. The first-order valence-electron chi connectivity index (χ1n) is 9.94. The third kappa shape index (κ3) is 4.10. The van der Waals surface area contributed by atoms with E-state index >= 15 is 0 Å². The Kier molecular flexibility index (Phi) is 5.72. The summed E-state index contributed by atoms with van der Waals surface area (Å²) >= 11 is 0. The van der Waals surface area contributed by atoms with Gasteiger partial charge in [0.05, 0.1) is 6.04 Å². The fourth-order valence-electron chi connectivity index (χ4n) is 3.72. The van der Waals surface area contributed by atoms with Crippen molar-refractivity contribution in [3.8, 4) is 22.8 Å². The molecule has 1 atom stereocenters. The van der Waals surface area contributed by atoms with Crippen LogP contribution in [0, 0.1) is 0 Å². The third-order valence-electron chi connectivity index (χ3n) is 5.34. The van der Waals surface area contributed by atoms with Gasteiger partial charge in [-0.2, -0.15) is 9.40 Å². The zero-order valence-electron chi connectivity index (χ0n) is 17.2. The Labute approximate surface area is 185 Å². The topological polar surface area (TPSA) is 134 Å². The third-order valence-corrected chi connectivity index (χ3v) is 6.82. The number of hydrogen-bond acceptors (Lipinski definition) is 6. The Hall–Kier alpha value is -3.63. The standard InChI is InChI=1S/C22H23N5O4S/c1-2-32(29,30)26-13-12-16(14-26)27-21(23)19(22(24)28)20(25-27)15-8-10-18(11-9-15)31-17-6-4-3-5-7-17/h2-11,16H,1,12-14,23H2,(H2,24,28). The maximum Gasteiger partial charge on any atom is 0.254 e. The lowest BCUT2D eigenvalue weighted by molar-refractivity contribution is 0.100. The second-order valence-corrected chi connectivity index (χ2v) is 9.25. The Morgan fingerprint density at radius 2 is 1.78 bits per heavy atom. The van der Waals surface area contributed by atoms with Gasteiger partial charge in [-0.15, -0.1) is 0 Å². The number of para-hydroxylation sites is 1. The van der Waals surface area contributed by atoms with E-state index in [-0.39, 0.29) is 24.0 Å². The molecular formula is C22H23N5O4S. The normalized spacial score (nSPS) is 16.7. The predicted molar refractivity (Wildman–Crippen MR) is 121 cm³/mol. The summed E-state index contributed by atoms with van der Waals surface area (Å²) in [7, 11) is -3.54. The van der Waals surface area contributed by atoms with Crippen molar-refractivity contribution < 1.29 is 17.9 Å². The van der Waals surface area contributed by atoms with Crippen molar-refractivity contribution in [2.24, 2.45) is 5.73 Å². The molecule has 0 spiro atoms. The molecule has 0 bridgehead atoms. The smallest absolute Gasteiger partial charge is 0.254 e. The van der Waals surface area contributed by atoms with Gasteiger partial charge < -0.3 is 16.2 Å². The SMILES string of the molecule is C=CS(=O)(=O)N1CCC(n2nc(-c3ccc(Oc4ccccc4)cc3)c(C(N)=O)c2N)C1. The van der Waals surface area contributed by atoms with E-state index in [1.54, 1.807) is 24.3 Å². The Morgan fingerprint density at radius 3 is 2.41 bits per heavy atom. The largest absolute Gasteiger partial charge is 0.457 e. The van der Waals surface area contributed by atoms with Gasteiger partial charge in [0.2, 0.25) is 10.0 Å². The highest BCUT2D eigenvalue weighted by Crippen LogP contribution is 2.34. The highest BCUT2D eigenvalue weighted by molar-refractivity contribution is 7.92. The van der Waals surface area contributed by atoms with E-state index in [1.807, 2.05) is 30.3 Å². The van der Waals surface area contributed by atoms with Gasteiger partial charge in [0.25, 0.3) is 5.91 Å². The highest BCUT2D eigenvalue weighted by atomic mass is 32.2. The van der Waals surface area contributed by atoms with Crippen LogP contribution < -0.4 is 16.2 Å². The number of ether oxygens (including phenoxy) is 1. The van der Waals surface area contributed by atoms with Gasteiger partial charge in [-0.3, -0.25) is 4.79 Å². The number of amides is 1. The summed E-state index contributed by atoms with van der Waals surface area (Å²) in [5.74, 6) is 0.725. The first-order valence-corrected chi connectivity index (χ1v) is 11.4. The van der Waals surface area contributed by atoms with Gasteiger partial charge in [-0.25, -0.2) is 13.1 Å². The lowest BCUT2D eigenvalue weighted by atomic mass is 10.1. The number of carbonyl (C=O) groups is 1. The summed E-state index contributed by atoms with van der Waals surface area (Å²) in [5.41, 5.74) is 12.9. The van der Waals surface area contributed by atoms with Crippen molar-refractivity contribution in [2.75, 3.05) is 18.8 Å². The number of sulfonamides is 1. The first kappa shape index (κ1) is 21.6. The van der Waals surface area contributed by atoms with Crippen LogP contribution in [0.15, 0.2) is 66.6 Å². The highest BCUT2D eigenvalue weighted by Gasteiger charge is 2.34. The molecule has 1 aliphatic rings. The number of rotatable bonds is 7. The molecular weight excluding hydrogens is 430 g/mol. The van der Waals surface area contributed by atoms with Gasteiger partial charge in [-0.1, -0.05) is 24.8 Å². The summed E-state index contributed by atoms with van der Waals surface area (Å²) in [6, 6.07) is 16.1. The van der Waals surface area contributed by atoms with E-state index in [1.165, 1.54) is 8.99 Å². The zero-order valence-corrected chi connectivity index (χ0v) is 18.0. The predicted octanol–water partition coefficient (Wildman–Crippen LogP) is 2.74. The fourth-order valence-corrected chi connectivity index (χ4v) is 4.67. The molecule has 0 radical (unpaired) electrons. The van der Waals surface area contributed by atoms with Crippen LogP contribution in [0.3, 0.4) is 0 Å². The molecule has 1 unspecified atom stereocenters. The van der Waals surface area contributed by atoms with E-state index in [9.17, 15) is 13.2 Å². The molecule has 1 saturated heterocycles. The molecule has 2 aromatic carbocycles.